The Kier molecular flexibility index (Phi) is 46.9. The lowest BCUT2D eigenvalue weighted by atomic mass is 10.1. The van der Waals surface area contributed by atoms with E-state index in [2.05, 4.69) is 9.80 Å². The molecule has 2 atom stereocenters. The van der Waals surface area contributed by atoms with Gasteiger partial charge >= 0.3 is 27.9 Å². The fourth-order valence-corrected chi connectivity index (χ4v) is 8.23. The van der Waals surface area contributed by atoms with E-state index in [1.165, 1.54) is 19.3 Å². The molecule has 3 heterocycles. The van der Waals surface area contributed by atoms with Gasteiger partial charge in [-0.2, -0.15) is 0 Å². The summed E-state index contributed by atoms with van der Waals surface area (Å²) in [5.41, 5.74) is 0. The number of morpholine rings is 2. The van der Waals surface area contributed by atoms with E-state index in [0.717, 1.165) is 65.7 Å². The molecule has 3 rings (SSSR count). The van der Waals surface area contributed by atoms with Crippen molar-refractivity contribution in [3.8, 4) is 0 Å². The minimum absolute atomic E-state index is 0. The Balaban J connectivity index is -0.0000000889. The van der Waals surface area contributed by atoms with Gasteiger partial charge in [-0.3, -0.25) is 9.80 Å². The largest absolute Gasteiger partial charge is 0.418 e. The predicted molar refractivity (Wildman–Crippen MR) is 170 cm³/mol. The van der Waals surface area contributed by atoms with E-state index < -0.39 is 27.9 Å². The van der Waals surface area contributed by atoms with Crippen LogP contribution >= 0.6 is 0 Å². The first-order valence-electron chi connectivity index (χ1n) is 10.7. The molecular formula is C24H71N3O7Si3. The van der Waals surface area contributed by atoms with Gasteiger partial charge in [-0.15, -0.1) is 0 Å². The van der Waals surface area contributed by atoms with Crippen LogP contribution in [0.2, 0.25) is 0 Å². The summed E-state index contributed by atoms with van der Waals surface area (Å²) in [6.45, 7) is 8.43. The highest BCUT2D eigenvalue weighted by molar-refractivity contribution is 6.57. The van der Waals surface area contributed by atoms with Crippen LogP contribution in [0.4, 0.5) is 0 Å². The molecule has 10 nitrogen and oxygen atoms in total. The van der Waals surface area contributed by atoms with Gasteiger partial charge in [-0.1, -0.05) is 65.8 Å². The van der Waals surface area contributed by atoms with Gasteiger partial charge in [0.25, 0.3) is 0 Å². The second kappa shape index (κ2) is 32.5. The first-order chi connectivity index (χ1) is 14.0. The topological polar surface area (TPSA) is 118 Å². The maximum atomic E-state index is 10.0. The monoisotopic (exact) mass is 597 g/mol. The van der Waals surface area contributed by atoms with Gasteiger partial charge in [0, 0.05) is 44.7 Å². The van der Waals surface area contributed by atoms with Gasteiger partial charge in [0.2, 0.25) is 0 Å². The molecule has 2 unspecified atom stereocenters. The van der Waals surface area contributed by atoms with Crippen molar-refractivity contribution in [2.24, 2.45) is 0 Å². The molecule has 0 amide bonds. The van der Waals surface area contributed by atoms with Crippen molar-refractivity contribution in [1.82, 2.24) is 14.7 Å². The number of rotatable bonds is 8. The third-order valence-electron chi connectivity index (χ3n) is 5.22. The van der Waals surface area contributed by atoms with Crippen molar-refractivity contribution < 1.29 is 32.8 Å². The van der Waals surface area contributed by atoms with E-state index in [4.69, 9.17) is 23.2 Å². The van der Waals surface area contributed by atoms with Crippen LogP contribution in [0.25, 0.3) is 0 Å². The summed E-state index contributed by atoms with van der Waals surface area (Å²) in [7, 11) is -6.85. The van der Waals surface area contributed by atoms with E-state index in [1.807, 2.05) is 4.90 Å². The lowest BCUT2D eigenvalue weighted by molar-refractivity contribution is 0.0429. The molecule has 236 valence electrons. The third-order valence-corrected chi connectivity index (χ3v) is 10.2. The molecule has 0 radical (unpaired) electrons. The molecule has 3 saturated heterocycles. The summed E-state index contributed by atoms with van der Waals surface area (Å²) in [6.07, 6.45) is 5.47. The summed E-state index contributed by atoms with van der Waals surface area (Å²) >= 11 is 0. The van der Waals surface area contributed by atoms with Crippen molar-refractivity contribution in [2.75, 3.05) is 84.2 Å². The zero-order chi connectivity index (χ0) is 20.9. The molecule has 4 N–H and O–H groups in total. The van der Waals surface area contributed by atoms with Crippen molar-refractivity contribution in [3.05, 3.63) is 0 Å². The van der Waals surface area contributed by atoms with Gasteiger partial charge < -0.3 is 37.7 Å². The fourth-order valence-electron chi connectivity index (χ4n) is 3.65. The number of nitrogens with zero attached hydrogens (tertiary/aromatic N) is 3. The minimum Gasteiger partial charge on any atom is -0.418 e. The highest BCUT2D eigenvalue weighted by atomic mass is 28.4. The predicted octanol–water partition coefficient (Wildman–Crippen LogP) is 1.48. The Bertz CT molecular complexity index is 395. The van der Waals surface area contributed by atoms with Crippen LogP contribution in [-0.4, -0.2) is 146 Å². The number of piperidine rings is 1. The number of hydrogen-bond acceptors (Lipinski definition) is 10. The molecule has 3 aliphatic heterocycles. The Morgan fingerprint density at radius 1 is 0.486 bits per heavy atom. The lowest BCUT2D eigenvalue weighted by Gasteiger charge is -2.30. The molecule has 37 heavy (non-hydrogen) atoms. The van der Waals surface area contributed by atoms with E-state index >= 15 is 0 Å². The maximum Gasteiger partial charge on any atom is 0.330 e. The van der Waals surface area contributed by atoms with Crippen LogP contribution in [0.3, 0.4) is 0 Å². The number of ether oxygens (including phenoxy) is 2. The minimum atomic E-state index is -2.37. The Morgan fingerprint density at radius 3 is 1.16 bits per heavy atom. The SMILES string of the molecule is C.C.C.C.C.C.C.C.O[SiH](CN1CCCCC1)O[SiH](O)CN1CCOCC1.O[SiH](O)CN1CCOCC1. The molecule has 3 aliphatic rings. The van der Waals surface area contributed by atoms with E-state index in [-0.39, 0.29) is 59.4 Å². The van der Waals surface area contributed by atoms with Crippen LogP contribution in [0.1, 0.15) is 78.7 Å². The highest BCUT2D eigenvalue weighted by Gasteiger charge is 2.23. The molecule has 0 aliphatic carbocycles. The summed E-state index contributed by atoms with van der Waals surface area (Å²) in [5, 5.41) is 0. The van der Waals surface area contributed by atoms with Gasteiger partial charge in [-0.25, -0.2) is 0 Å². The van der Waals surface area contributed by atoms with Crippen LogP contribution in [-0.2, 0) is 13.6 Å². The first-order valence-corrected chi connectivity index (χ1v) is 16.2. The van der Waals surface area contributed by atoms with Gasteiger partial charge in [0.05, 0.1) is 26.4 Å². The third kappa shape index (κ3) is 26.2. The standard InChI is InChI=1S/C11H26N2O4Si2.C5H13NO3Si.8CH4/c14-18(10-12-4-2-1-3-5-12)17-19(15)11-13-6-8-16-9-7-13;7-10(8)5-6-1-3-9-4-2-6;;;;;;;;/h14-15,18-19H,1-11H2;7-8,10H,1-5H2;8*1H4. The molecule has 0 aromatic carbocycles. The quantitative estimate of drug-likeness (QED) is 0.307. The molecule has 0 spiro atoms. The summed E-state index contributed by atoms with van der Waals surface area (Å²) < 4.78 is 15.9. The Labute approximate surface area is 238 Å². The molecule has 3 fully saturated rings. The second-order valence-electron chi connectivity index (χ2n) is 7.71. The van der Waals surface area contributed by atoms with Crippen molar-refractivity contribution in [1.29, 1.82) is 0 Å². The van der Waals surface area contributed by atoms with Crippen molar-refractivity contribution >= 4 is 27.9 Å². The van der Waals surface area contributed by atoms with Crippen LogP contribution in [0.5, 0.6) is 0 Å². The van der Waals surface area contributed by atoms with E-state index in [0.29, 0.717) is 18.5 Å². The van der Waals surface area contributed by atoms with Gasteiger partial charge in [0.1, 0.15) is 0 Å². The molecule has 0 bridgehead atoms. The number of likely N-dealkylation sites (tertiary alicyclic amines) is 1. The average Bonchev–Trinajstić information content (AvgIpc) is 2.70. The molecular weight excluding hydrogens is 527 g/mol. The summed E-state index contributed by atoms with van der Waals surface area (Å²) in [4.78, 5) is 43.9. The molecule has 0 aromatic rings. The second-order valence-corrected chi connectivity index (χ2v) is 12.7. The van der Waals surface area contributed by atoms with Crippen LogP contribution in [0, 0.1) is 0 Å². The van der Waals surface area contributed by atoms with Crippen molar-refractivity contribution in [3.63, 3.8) is 0 Å². The summed E-state index contributed by atoms with van der Waals surface area (Å²) in [5.74, 6) is 0. The normalized spacial score (nSPS) is 19.4. The molecule has 13 heteroatoms. The highest BCUT2D eigenvalue weighted by Crippen LogP contribution is 2.08. The van der Waals surface area contributed by atoms with E-state index in [1.54, 1.807) is 0 Å². The van der Waals surface area contributed by atoms with Crippen molar-refractivity contribution in [2.45, 2.75) is 78.7 Å². The average molecular weight is 598 g/mol. The Morgan fingerprint density at radius 2 is 0.811 bits per heavy atom. The molecule has 0 saturated carbocycles. The first kappa shape index (κ1) is 53.5. The maximum absolute atomic E-state index is 10.0. The van der Waals surface area contributed by atoms with E-state index in [9.17, 15) is 9.59 Å². The lowest BCUT2D eigenvalue weighted by Crippen LogP contribution is -2.48. The zero-order valence-electron chi connectivity index (χ0n) is 17.4. The Hall–Kier alpha value is 0.251. The number of hydrogen-bond donors (Lipinski definition) is 4. The fraction of sp³-hybridized carbons (Fsp3) is 1.00. The zero-order valence-corrected chi connectivity index (χ0v) is 20.9. The van der Waals surface area contributed by atoms with Gasteiger partial charge in [0.15, 0.2) is 0 Å². The van der Waals surface area contributed by atoms with Gasteiger partial charge in [-0.05, 0) is 25.9 Å². The smallest absolute Gasteiger partial charge is 0.330 e. The molecule has 0 aromatic heterocycles. The summed E-state index contributed by atoms with van der Waals surface area (Å²) in [6, 6.07) is 0. The van der Waals surface area contributed by atoms with Crippen LogP contribution in [0.15, 0.2) is 0 Å². The van der Waals surface area contributed by atoms with Crippen LogP contribution < -0.4 is 0 Å².